The van der Waals surface area contributed by atoms with E-state index in [-0.39, 0.29) is 24.2 Å². The van der Waals surface area contributed by atoms with Crippen LogP contribution in [0.4, 0.5) is 0 Å². The summed E-state index contributed by atoms with van der Waals surface area (Å²) in [6, 6.07) is 13.2. The molecule has 0 aliphatic rings. The molecule has 12 heteroatoms. The van der Waals surface area contributed by atoms with Crippen LogP contribution in [-0.2, 0) is 36.8 Å². The summed E-state index contributed by atoms with van der Waals surface area (Å²) in [4.78, 5) is 64.9. The summed E-state index contributed by atoms with van der Waals surface area (Å²) < 4.78 is 0. The molecule has 2 aromatic rings. The predicted molar refractivity (Wildman–Crippen MR) is 185 cm³/mol. The Labute approximate surface area is 284 Å². The van der Waals surface area contributed by atoms with Crippen LogP contribution in [0.2, 0.25) is 0 Å². The van der Waals surface area contributed by atoms with E-state index in [0.717, 1.165) is 11.1 Å². The van der Waals surface area contributed by atoms with Gasteiger partial charge in [0.2, 0.25) is 23.6 Å². The van der Waals surface area contributed by atoms with Crippen LogP contribution >= 0.6 is 0 Å². The number of nitrogens with one attached hydrogen (secondary N) is 4. The zero-order valence-corrected chi connectivity index (χ0v) is 28.9. The van der Waals surface area contributed by atoms with Crippen LogP contribution in [0, 0.1) is 17.8 Å². The predicted octanol–water partition coefficient (Wildman–Crippen LogP) is 1.90. The first-order chi connectivity index (χ1) is 22.6. The van der Waals surface area contributed by atoms with Gasteiger partial charge in [0.15, 0.2) is 0 Å². The van der Waals surface area contributed by atoms with Gasteiger partial charge in [-0.1, -0.05) is 109 Å². The highest BCUT2D eigenvalue weighted by Crippen LogP contribution is 2.14. The van der Waals surface area contributed by atoms with E-state index in [1.54, 1.807) is 34.6 Å². The Balaban J connectivity index is 2.20. The van der Waals surface area contributed by atoms with Gasteiger partial charge in [-0.15, -0.1) is 0 Å². The molecule has 4 amide bonds. The van der Waals surface area contributed by atoms with Gasteiger partial charge in [-0.2, -0.15) is 0 Å². The zero-order valence-electron chi connectivity index (χ0n) is 28.9. The van der Waals surface area contributed by atoms with Gasteiger partial charge >= 0.3 is 5.97 Å². The second-order valence-electron chi connectivity index (χ2n) is 13.2. The molecule has 0 aromatic heterocycles. The average Bonchev–Trinajstić information content (AvgIpc) is 3.04. The summed E-state index contributed by atoms with van der Waals surface area (Å²) in [6.45, 7) is 10.6. The van der Waals surface area contributed by atoms with Crippen LogP contribution in [0.1, 0.15) is 65.5 Å². The number of carbonyl (C=O) groups is 5. The minimum Gasteiger partial charge on any atom is -0.480 e. The van der Waals surface area contributed by atoms with Crippen molar-refractivity contribution in [1.29, 1.82) is 0 Å². The minimum absolute atomic E-state index is 0.231. The number of hydrogen-bond acceptors (Lipinski definition) is 7. The summed E-state index contributed by atoms with van der Waals surface area (Å²) in [5.41, 5.74) is 14.5. The first kappa shape index (κ1) is 39.9. The number of benzene rings is 2. The van der Waals surface area contributed by atoms with E-state index in [4.69, 9.17) is 11.5 Å². The van der Waals surface area contributed by atoms with Crippen molar-refractivity contribution in [3.63, 3.8) is 0 Å². The number of carbonyl (C=O) groups excluding carboxylic acids is 4. The third-order valence-corrected chi connectivity index (χ3v) is 8.49. The van der Waals surface area contributed by atoms with Crippen molar-refractivity contribution >= 4 is 29.6 Å². The van der Waals surface area contributed by atoms with Crippen molar-refractivity contribution in [2.75, 3.05) is 0 Å². The van der Waals surface area contributed by atoms with Crippen LogP contribution in [0.5, 0.6) is 0 Å². The van der Waals surface area contributed by atoms with Gasteiger partial charge in [0.05, 0.1) is 6.04 Å². The molecule has 0 radical (unpaired) electrons. The fraction of sp³-hybridized carbons (Fsp3) is 0.528. The second-order valence-corrected chi connectivity index (χ2v) is 13.2. The third kappa shape index (κ3) is 12.7. The molecule has 264 valence electrons. The molecule has 9 N–H and O–H groups in total. The molecule has 0 heterocycles. The van der Waals surface area contributed by atoms with Crippen LogP contribution in [-0.4, -0.2) is 71.0 Å². The number of hydrogen-bond donors (Lipinski definition) is 7. The number of nitrogens with two attached hydrogens (primary N) is 2. The van der Waals surface area contributed by atoms with E-state index in [2.05, 4.69) is 21.3 Å². The summed E-state index contributed by atoms with van der Waals surface area (Å²) in [5.74, 6) is -4.16. The molecule has 2 aromatic carbocycles. The van der Waals surface area contributed by atoms with E-state index in [1.165, 1.54) is 0 Å². The largest absolute Gasteiger partial charge is 0.480 e. The first-order valence-corrected chi connectivity index (χ1v) is 16.7. The number of aliphatic carboxylic acids is 1. The molecule has 0 spiro atoms. The van der Waals surface area contributed by atoms with Gasteiger partial charge < -0.3 is 37.8 Å². The fourth-order valence-corrected chi connectivity index (χ4v) is 5.25. The number of carboxylic acids is 1. The van der Waals surface area contributed by atoms with Crippen molar-refractivity contribution in [3.8, 4) is 0 Å². The maximum Gasteiger partial charge on any atom is 0.326 e. The van der Waals surface area contributed by atoms with E-state index < -0.39 is 65.8 Å². The zero-order chi connectivity index (χ0) is 36.0. The van der Waals surface area contributed by atoms with Crippen molar-refractivity contribution in [3.05, 3.63) is 71.8 Å². The van der Waals surface area contributed by atoms with Crippen molar-refractivity contribution < 1.29 is 29.1 Å². The van der Waals surface area contributed by atoms with Crippen molar-refractivity contribution in [2.45, 2.75) is 103 Å². The highest BCUT2D eigenvalue weighted by Gasteiger charge is 2.33. The molecule has 0 fully saturated rings. The molecular formula is C36H54N6O6. The van der Waals surface area contributed by atoms with Crippen LogP contribution in [0.3, 0.4) is 0 Å². The molecule has 0 aliphatic heterocycles. The smallest absolute Gasteiger partial charge is 0.326 e. The van der Waals surface area contributed by atoms with Gasteiger partial charge in [0.1, 0.15) is 18.1 Å². The normalized spacial score (nSPS) is 15.7. The first-order valence-electron chi connectivity index (χ1n) is 16.7. The molecule has 48 heavy (non-hydrogen) atoms. The van der Waals surface area contributed by atoms with Crippen molar-refractivity contribution in [2.24, 2.45) is 29.2 Å². The van der Waals surface area contributed by atoms with E-state index in [1.807, 2.05) is 67.6 Å². The standard InChI is InChI=1S/C36H54N6O6/c1-7-23(6)32(35(46)42-31(22(4)5)36(47)48)40-29(43)20-26(37)28(19-25-16-12-9-13-17-25)39-34(45)30(21(2)3)41-33(44)27(38)18-24-14-10-8-11-15-24/h8-17,21-23,26-28,30-32H,7,18-20,37-38H2,1-6H3,(H,39,45)(H,40,43)(H,41,44)(H,42,46)(H,47,48)/t23-,26-,27-,28-,30+,31-,32-/m0/s1. The Bertz CT molecular complexity index is 1340. The maximum absolute atomic E-state index is 13.7. The number of amides is 4. The molecule has 0 unspecified atom stereocenters. The lowest BCUT2D eigenvalue weighted by molar-refractivity contribution is -0.143. The monoisotopic (exact) mass is 666 g/mol. The molecule has 0 bridgehead atoms. The number of carboxylic acid groups (broad SMARTS) is 1. The number of rotatable bonds is 19. The molecular weight excluding hydrogens is 612 g/mol. The summed E-state index contributed by atoms with van der Waals surface area (Å²) >= 11 is 0. The topological polar surface area (TPSA) is 206 Å². The summed E-state index contributed by atoms with van der Waals surface area (Å²) in [6.07, 6.45) is 0.927. The highest BCUT2D eigenvalue weighted by molar-refractivity contribution is 5.91. The molecule has 0 saturated carbocycles. The van der Waals surface area contributed by atoms with Crippen molar-refractivity contribution in [1.82, 2.24) is 21.3 Å². The average molecular weight is 667 g/mol. The van der Waals surface area contributed by atoms with E-state index in [0.29, 0.717) is 19.3 Å². The van der Waals surface area contributed by atoms with E-state index in [9.17, 15) is 29.1 Å². The Morgan fingerprint density at radius 3 is 1.60 bits per heavy atom. The highest BCUT2D eigenvalue weighted by atomic mass is 16.4. The quantitative estimate of drug-likeness (QED) is 0.118. The maximum atomic E-state index is 13.7. The van der Waals surface area contributed by atoms with Gasteiger partial charge in [-0.25, -0.2) is 4.79 Å². The molecule has 2 rings (SSSR count). The summed E-state index contributed by atoms with van der Waals surface area (Å²) in [5, 5.41) is 20.6. The summed E-state index contributed by atoms with van der Waals surface area (Å²) in [7, 11) is 0. The SMILES string of the molecule is CC[C@H](C)[C@H](NC(=O)C[C@H](N)[C@H](Cc1ccccc1)NC(=O)[C@H](NC(=O)[C@@H](N)Cc1ccccc1)C(C)C)C(=O)N[C@H](C(=O)O)C(C)C. The van der Waals surface area contributed by atoms with Gasteiger partial charge in [-0.05, 0) is 41.7 Å². The second kappa shape index (κ2) is 19.5. The lowest BCUT2D eigenvalue weighted by atomic mass is 9.94. The lowest BCUT2D eigenvalue weighted by Crippen LogP contribution is -2.59. The Morgan fingerprint density at radius 1 is 0.646 bits per heavy atom. The molecule has 0 saturated heterocycles. The minimum atomic E-state index is -1.16. The van der Waals surface area contributed by atoms with E-state index >= 15 is 0 Å². The Kier molecular flexibility index (Phi) is 16.2. The molecule has 0 aliphatic carbocycles. The fourth-order valence-electron chi connectivity index (χ4n) is 5.25. The molecule has 12 nitrogen and oxygen atoms in total. The Hall–Kier alpha value is -4.29. The Morgan fingerprint density at radius 2 is 1.12 bits per heavy atom. The lowest BCUT2D eigenvalue weighted by Gasteiger charge is -2.30. The molecule has 7 atom stereocenters. The van der Waals surface area contributed by atoms with Gasteiger partial charge in [0.25, 0.3) is 0 Å². The van der Waals surface area contributed by atoms with Crippen LogP contribution in [0.25, 0.3) is 0 Å². The van der Waals surface area contributed by atoms with Crippen LogP contribution < -0.4 is 32.7 Å². The van der Waals surface area contributed by atoms with Gasteiger partial charge in [-0.3, -0.25) is 19.2 Å². The van der Waals surface area contributed by atoms with Crippen LogP contribution in [0.15, 0.2) is 60.7 Å². The van der Waals surface area contributed by atoms with Gasteiger partial charge in [0, 0.05) is 18.5 Å². The third-order valence-electron chi connectivity index (χ3n) is 8.49.